The van der Waals surface area contributed by atoms with E-state index in [1.807, 2.05) is 11.0 Å². The van der Waals surface area contributed by atoms with Crippen LogP contribution >= 0.6 is 0 Å². The van der Waals surface area contributed by atoms with E-state index in [2.05, 4.69) is 15.5 Å². The zero-order chi connectivity index (χ0) is 26.9. The molecule has 5 rings (SSSR count). The van der Waals surface area contributed by atoms with Gasteiger partial charge in [0.1, 0.15) is 0 Å². The van der Waals surface area contributed by atoms with Crippen molar-refractivity contribution in [2.24, 2.45) is 5.92 Å². The van der Waals surface area contributed by atoms with E-state index < -0.39 is 32.6 Å². The molecule has 2 fully saturated rings. The third-order valence-electron chi connectivity index (χ3n) is 6.93. The SMILES string of the molecule is O=C(Nc1ccc(S(=O)(=O)C2CCN(C(=O)c3cccc(F)c3F)CC2)cc1)C1CN(c2cccnn2)C1. The second-order valence-corrected chi connectivity index (χ2v) is 11.6. The summed E-state index contributed by atoms with van der Waals surface area (Å²) in [6.07, 6.45) is 1.93. The Kier molecular flexibility index (Phi) is 7.06. The highest BCUT2D eigenvalue weighted by atomic mass is 32.2. The van der Waals surface area contributed by atoms with Gasteiger partial charge in [-0.05, 0) is 61.4 Å². The number of carbonyl (C=O) groups is 2. The summed E-state index contributed by atoms with van der Waals surface area (Å²) in [6, 6.07) is 13.0. The van der Waals surface area contributed by atoms with E-state index in [1.165, 1.54) is 29.2 Å². The number of aromatic nitrogens is 2. The quantitative estimate of drug-likeness (QED) is 0.511. The molecule has 0 spiro atoms. The van der Waals surface area contributed by atoms with Gasteiger partial charge in [0, 0.05) is 38.1 Å². The third kappa shape index (κ3) is 5.08. The van der Waals surface area contributed by atoms with Crippen molar-refractivity contribution in [2.45, 2.75) is 23.0 Å². The fourth-order valence-corrected chi connectivity index (χ4v) is 6.40. The number of sulfone groups is 1. The predicted molar refractivity (Wildman–Crippen MR) is 135 cm³/mol. The summed E-state index contributed by atoms with van der Waals surface area (Å²) in [6.45, 7) is 1.26. The molecule has 0 radical (unpaired) electrons. The van der Waals surface area contributed by atoms with Gasteiger partial charge in [0.05, 0.1) is 21.6 Å². The van der Waals surface area contributed by atoms with E-state index in [9.17, 15) is 26.8 Å². The summed E-state index contributed by atoms with van der Waals surface area (Å²) in [4.78, 5) is 28.6. The highest BCUT2D eigenvalue weighted by molar-refractivity contribution is 7.92. The number of halogens is 2. The molecule has 2 aromatic carbocycles. The lowest BCUT2D eigenvalue weighted by Crippen LogP contribution is -2.52. The normalized spacial score (nSPS) is 16.7. The molecule has 3 aromatic rings. The minimum absolute atomic E-state index is 0.111. The number of carbonyl (C=O) groups excluding carboxylic acids is 2. The highest BCUT2D eigenvalue weighted by Crippen LogP contribution is 2.28. The van der Waals surface area contributed by atoms with Crippen LogP contribution in [0.15, 0.2) is 65.7 Å². The molecule has 2 aliphatic rings. The van der Waals surface area contributed by atoms with Crippen LogP contribution in [0.4, 0.5) is 20.3 Å². The minimum atomic E-state index is -3.69. The second kappa shape index (κ2) is 10.4. The summed E-state index contributed by atoms with van der Waals surface area (Å²) >= 11 is 0. The number of hydrogen-bond acceptors (Lipinski definition) is 7. The Morgan fingerprint density at radius 1 is 0.947 bits per heavy atom. The van der Waals surface area contributed by atoms with Gasteiger partial charge in [-0.1, -0.05) is 6.07 Å². The van der Waals surface area contributed by atoms with Gasteiger partial charge >= 0.3 is 0 Å². The smallest absolute Gasteiger partial charge is 0.256 e. The number of rotatable bonds is 6. The van der Waals surface area contributed by atoms with Crippen molar-refractivity contribution in [3.05, 3.63) is 78.0 Å². The number of amides is 2. The Morgan fingerprint density at radius 2 is 1.66 bits per heavy atom. The summed E-state index contributed by atoms with van der Waals surface area (Å²) < 4.78 is 53.9. The maximum atomic E-state index is 14.0. The van der Waals surface area contributed by atoms with E-state index in [1.54, 1.807) is 24.4 Å². The molecule has 2 aliphatic heterocycles. The van der Waals surface area contributed by atoms with Crippen LogP contribution in [0, 0.1) is 17.6 Å². The standard InChI is InChI=1S/C26H25F2N5O4S/c27-22-4-1-3-21(24(22)28)26(35)32-13-10-20(11-14-32)38(36,37)19-8-6-18(7-9-19)30-25(34)17-15-33(16-17)23-5-2-12-29-31-23/h1-9,12,17,20H,10-11,13-16H2,(H,30,34). The predicted octanol–water partition coefficient (Wildman–Crippen LogP) is 2.91. The number of likely N-dealkylation sites (tertiary alicyclic amines) is 1. The molecule has 1 aromatic heterocycles. The molecule has 0 bridgehead atoms. The Labute approximate surface area is 218 Å². The maximum absolute atomic E-state index is 14.0. The van der Waals surface area contributed by atoms with Crippen LogP contribution in [0.3, 0.4) is 0 Å². The number of nitrogens with one attached hydrogen (secondary N) is 1. The molecule has 12 heteroatoms. The molecule has 0 aliphatic carbocycles. The lowest BCUT2D eigenvalue weighted by Gasteiger charge is -2.38. The van der Waals surface area contributed by atoms with Gasteiger partial charge < -0.3 is 15.1 Å². The van der Waals surface area contributed by atoms with Crippen molar-refractivity contribution in [1.82, 2.24) is 15.1 Å². The molecular weight excluding hydrogens is 516 g/mol. The largest absolute Gasteiger partial charge is 0.353 e. The van der Waals surface area contributed by atoms with Gasteiger partial charge in [0.25, 0.3) is 5.91 Å². The first-order valence-electron chi connectivity index (χ1n) is 12.1. The van der Waals surface area contributed by atoms with Crippen molar-refractivity contribution in [2.75, 3.05) is 36.4 Å². The highest BCUT2D eigenvalue weighted by Gasteiger charge is 2.35. The van der Waals surface area contributed by atoms with Crippen LogP contribution in [0.1, 0.15) is 23.2 Å². The fourth-order valence-electron chi connectivity index (χ4n) is 4.67. The Hall–Kier alpha value is -3.93. The summed E-state index contributed by atoms with van der Waals surface area (Å²) in [5.74, 6) is -2.64. The van der Waals surface area contributed by atoms with Crippen molar-refractivity contribution in [3.63, 3.8) is 0 Å². The Bertz CT molecular complexity index is 1440. The molecule has 2 saturated heterocycles. The molecule has 0 atom stereocenters. The van der Waals surface area contributed by atoms with Crippen molar-refractivity contribution in [1.29, 1.82) is 0 Å². The summed E-state index contributed by atoms with van der Waals surface area (Å²) in [7, 11) is -3.69. The van der Waals surface area contributed by atoms with Crippen molar-refractivity contribution >= 4 is 33.2 Å². The van der Waals surface area contributed by atoms with Crippen molar-refractivity contribution < 1.29 is 26.8 Å². The molecule has 0 saturated carbocycles. The average Bonchev–Trinajstić information content (AvgIpc) is 2.90. The van der Waals surface area contributed by atoms with Gasteiger partial charge in [0.15, 0.2) is 27.3 Å². The molecule has 0 unspecified atom stereocenters. The van der Waals surface area contributed by atoms with Gasteiger partial charge in [-0.15, -0.1) is 5.10 Å². The van der Waals surface area contributed by atoms with Crippen LogP contribution in [0.2, 0.25) is 0 Å². The molecule has 1 N–H and O–H groups in total. The molecule has 2 amide bonds. The number of anilines is 2. The van der Waals surface area contributed by atoms with Crippen LogP contribution in [-0.2, 0) is 14.6 Å². The van der Waals surface area contributed by atoms with Crippen LogP contribution < -0.4 is 10.2 Å². The summed E-state index contributed by atoms with van der Waals surface area (Å²) in [5.41, 5.74) is 0.122. The number of benzene rings is 2. The van der Waals surface area contributed by atoms with E-state index >= 15 is 0 Å². The Morgan fingerprint density at radius 3 is 2.32 bits per heavy atom. The van der Waals surface area contributed by atoms with E-state index in [4.69, 9.17) is 0 Å². The van der Waals surface area contributed by atoms with Gasteiger partial charge in [-0.25, -0.2) is 17.2 Å². The molecule has 9 nitrogen and oxygen atoms in total. The topological polar surface area (TPSA) is 113 Å². The van der Waals surface area contributed by atoms with Crippen LogP contribution in [0.25, 0.3) is 0 Å². The number of nitrogens with zero attached hydrogens (tertiary/aromatic N) is 4. The van der Waals surface area contributed by atoms with Crippen LogP contribution in [0.5, 0.6) is 0 Å². The van der Waals surface area contributed by atoms with E-state index in [0.717, 1.165) is 6.07 Å². The molecule has 38 heavy (non-hydrogen) atoms. The zero-order valence-electron chi connectivity index (χ0n) is 20.3. The Balaban J connectivity index is 1.15. The first-order valence-corrected chi connectivity index (χ1v) is 13.7. The first kappa shape index (κ1) is 25.7. The maximum Gasteiger partial charge on any atom is 0.256 e. The molecular formula is C26H25F2N5O4S. The van der Waals surface area contributed by atoms with E-state index in [-0.39, 0.29) is 48.2 Å². The minimum Gasteiger partial charge on any atom is -0.353 e. The van der Waals surface area contributed by atoms with Gasteiger partial charge in [0.2, 0.25) is 5.91 Å². The third-order valence-corrected chi connectivity index (χ3v) is 9.21. The van der Waals surface area contributed by atoms with Crippen LogP contribution in [-0.4, -0.2) is 66.8 Å². The number of piperidine rings is 1. The zero-order valence-corrected chi connectivity index (χ0v) is 21.1. The lowest BCUT2D eigenvalue weighted by molar-refractivity contribution is -0.120. The van der Waals surface area contributed by atoms with E-state index in [0.29, 0.717) is 24.6 Å². The lowest BCUT2D eigenvalue weighted by atomic mass is 9.99. The summed E-state index contributed by atoms with van der Waals surface area (Å²) in [5, 5.41) is 9.96. The fraction of sp³-hybridized carbons (Fsp3) is 0.308. The molecule has 3 heterocycles. The average molecular weight is 542 g/mol. The second-order valence-electron chi connectivity index (χ2n) is 9.34. The molecule has 198 valence electrons. The van der Waals surface area contributed by atoms with Gasteiger partial charge in [-0.3, -0.25) is 9.59 Å². The first-order chi connectivity index (χ1) is 18.2. The van der Waals surface area contributed by atoms with Gasteiger partial charge in [-0.2, -0.15) is 5.10 Å². The number of hydrogen-bond donors (Lipinski definition) is 1. The monoisotopic (exact) mass is 541 g/mol. The van der Waals surface area contributed by atoms with Crippen molar-refractivity contribution in [3.8, 4) is 0 Å².